The van der Waals surface area contributed by atoms with E-state index >= 15 is 0 Å². The van der Waals surface area contributed by atoms with Gasteiger partial charge >= 0.3 is 0 Å². The molecular weight excluding hydrogens is 390 g/mol. The summed E-state index contributed by atoms with van der Waals surface area (Å²) in [5.41, 5.74) is 8.20. The van der Waals surface area contributed by atoms with Crippen LogP contribution in [0.3, 0.4) is 0 Å². The van der Waals surface area contributed by atoms with Gasteiger partial charge in [0, 0.05) is 30.6 Å². The van der Waals surface area contributed by atoms with E-state index in [1.54, 1.807) is 0 Å². The van der Waals surface area contributed by atoms with Crippen molar-refractivity contribution < 1.29 is 14.3 Å². The van der Waals surface area contributed by atoms with Crippen molar-refractivity contribution in [1.82, 2.24) is 10.6 Å². The third-order valence-electron chi connectivity index (χ3n) is 5.89. The molecule has 0 radical (unpaired) electrons. The molecule has 0 heterocycles. The Morgan fingerprint density at radius 1 is 1.16 bits per heavy atom. The lowest BCUT2D eigenvalue weighted by molar-refractivity contribution is -0.117. The predicted molar refractivity (Wildman–Crippen MR) is 122 cm³/mol. The average molecular weight is 424 g/mol. The molecule has 1 fully saturated rings. The molecular formula is C25H33N3O3. The molecule has 0 saturated heterocycles. The minimum atomic E-state index is -0.420. The third-order valence-corrected chi connectivity index (χ3v) is 5.89. The quantitative estimate of drug-likeness (QED) is 0.543. The molecule has 3 atom stereocenters. The van der Waals surface area contributed by atoms with Crippen LogP contribution in [0.2, 0.25) is 0 Å². The number of ether oxygens (including phenoxy) is 1. The van der Waals surface area contributed by atoms with Gasteiger partial charge in [-0.2, -0.15) is 0 Å². The molecule has 1 aliphatic carbocycles. The molecule has 6 nitrogen and oxygen atoms in total. The maximum atomic E-state index is 12.1. The molecule has 2 aromatic carbocycles. The van der Waals surface area contributed by atoms with Crippen molar-refractivity contribution in [3.63, 3.8) is 0 Å². The minimum absolute atomic E-state index is 0.147. The summed E-state index contributed by atoms with van der Waals surface area (Å²) in [6.45, 7) is 5.13. The summed E-state index contributed by atoms with van der Waals surface area (Å²) in [5.74, 6) is 0.807. The number of primary amides is 1. The van der Waals surface area contributed by atoms with Crippen molar-refractivity contribution in [3.05, 3.63) is 65.2 Å². The fourth-order valence-electron chi connectivity index (χ4n) is 4.23. The lowest BCUT2D eigenvalue weighted by Crippen LogP contribution is -2.29. The smallest absolute Gasteiger partial charge is 0.251 e. The molecule has 166 valence electrons. The highest BCUT2D eigenvalue weighted by molar-refractivity contribution is 5.94. The summed E-state index contributed by atoms with van der Waals surface area (Å²) in [5, 5.41) is 6.49. The topological polar surface area (TPSA) is 93.4 Å². The van der Waals surface area contributed by atoms with Gasteiger partial charge in [0.2, 0.25) is 5.91 Å². The van der Waals surface area contributed by atoms with Crippen molar-refractivity contribution in [3.8, 4) is 5.75 Å². The van der Waals surface area contributed by atoms with Crippen LogP contribution in [0.25, 0.3) is 0 Å². The van der Waals surface area contributed by atoms with Gasteiger partial charge in [-0.05, 0) is 74.4 Å². The van der Waals surface area contributed by atoms with Crippen molar-refractivity contribution in [1.29, 1.82) is 0 Å². The zero-order valence-corrected chi connectivity index (χ0v) is 18.4. The van der Waals surface area contributed by atoms with E-state index in [1.807, 2.05) is 43.3 Å². The minimum Gasteiger partial charge on any atom is -0.494 e. The fraction of sp³-hybridized carbons (Fsp3) is 0.440. The second-order valence-electron chi connectivity index (χ2n) is 8.19. The van der Waals surface area contributed by atoms with Crippen molar-refractivity contribution >= 4 is 11.8 Å². The molecule has 4 N–H and O–H groups in total. The normalized spacial score (nSPS) is 19.0. The van der Waals surface area contributed by atoms with E-state index in [0.717, 1.165) is 25.0 Å². The van der Waals surface area contributed by atoms with Crippen LogP contribution >= 0.6 is 0 Å². The van der Waals surface area contributed by atoms with E-state index in [2.05, 4.69) is 29.7 Å². The number of hydrogen-bond donors (Lipinski definition) is 3. The van der Waals surface area contributed by atoms with Crippen molar-refractivity contribution in [2.24, 2.45) is 5.73 Å². The molecule has 2 amide bonds. The molecule has 1 unspecified atom stereocenters. The van der Waals surface area contributed by atoms with E-state index in [1.165, 1.54) is 11.1 Å². The number of hydrogen-bond acceptors (Lipinski definition) is 4. The monoisotopic (exact) mass is 423 g/mol. The molecule has 31 heavy (non-hydrogen) atoms. The number of amides is 2. The van der Waals surface area contributed by atoms with Crippen LogP contribution in [0.15, 0.2) is 48.5 Å². The highest BCUT2D eigenvalue weighted by Gasteiger charge is 2.27. The Kier molecular flexibility index (Phi) is 8.06. The largest absolute Gasteiger partial charge is 0.494 e. The number of benzene rings is 2. The zero-order valence-electron chi connectivity index (χ0n) is 18.4. The third kappa shape index (κ3) is 6.56. The van der Waals surface area contributed by atoms with Gasteiger partial charge in [-0.1, -0.05) is 24.3 Å². The van der Waals surface area contributed by atoms with Gasteiger partial charge in [-0.15, -0.1) is 0 Å². The van der Waals surface area contributed by atoms with Gasteiger partial charge < -0.3 is 21.1 Å². The van der Waals surface area contributed by atoms with Crippen LogP contribution in [-0.4, -0.2) is 31.0 Å². The number of nitrogens with two attached hydrogens (primary N) is 1. The summed E-state index contributed by atoms with van der Waals surface area (Å²) in [7, 11) is 0. The Bertz CT molecular complexity index is 882. The Morgan fingerprint density at radius 3 is 2.65 bits per heavy atom. The summed E-state index contributed by atoms with van der Waals surface area (Å²) in [4.78, 5) is 22.9. The van der Waals surface area contributed by atoms with Gasteiger partial charge in [0.25, 0.3) is 5.91 Å². The zero-order chi connectivity index (χ0) is 22.2. The molecule has 0 aliphatic heterocycles. The molecule has 1 saturated carbocycles. The first-order chi connectivity index (χ1) is 15.0. The Morgan fingerprint density at radius 2 is 1.94 bits per heavy atom. The Balaban J connectivity index is 1.51. The predicted octanol–water partition coefficient (Wildman–Crippen LogP) is 3.68. The summed E-state index contributed by atoms with van der Waals surface area (Å²) >= 11 is 0. The van der Waals surface area contributed by atoms with Gasteiger partial charge in [0.05, 0.1) is 6.61 Å². The average Bonchev–Trinajstić information content (AvgIpc) is 3.22. The highest BCUT2D eigenvalue weighted by atomic mass is 16.5. The van der Waals surface area contributed by atoms with Crippen LogP contribution in [0.4, 0.5) is 0 Å². The Hall–Kier alpha value is -2.86. The van der Waals surface area contributed by atoms with E-state index < -0.39 is 5.91 Å². The molecule has 1 aliphatic rings. The maximum absolute atomic E-state index is 12.1. The van der Waals surface area contributed by atoms with Crippen molar-refractivity contribution in [2.45, 2.75) is 57.5 Å². The van der Waals surface area contributed by atoms with E-state index in [4.69, 9.17) is 10.5 Å². The first-order valence-electron chi connectivity index (χ1n) is 11.1. The summed E-state index contributed by atoms with van der Waals surface area (Å²) in [6.07, 6.45) is 3.50. The second kappa shape index (κ2) is 11.0. The Labute approximate surface area is 184 Å². The fourth-order valence-corrected chi connectivity index (χ4v) is 4.23. The molecule has 6 heteroatoms. The van der Waals surface area contributed by atoms with Gasteiger partial charge in [-0.25, -0.2) is 0 Å². The first-order valence-corrected chi connectivity index (χ1v) is 11.1. The van der Waals surface area contributed by atoms with E-state index in [0.29, 0.717) is 24.1 Å². The SMILES string of the molecule is CCOc1cccc([C@@H](C)NC2CC[C@H](c3ccc(C(=O)NCCC(N)=O)cc3)C2)c1. The number of carbonyl (C=O) groups excluding carboxylic acids is 2. The van der Waals surface area contributed by atoms with E-state index in [-0.39, 0.29) is 24.9 Å². The molecule has 0 spiro atoms. The standard InChI is InChI=1S/C25H33N3O3/c1-3-31-23-6-4-5-20(16-23)17(2)28-22-12-11-21(15-22)18-7-9-19(10-8-18)25(30)27-14-13-24(26)29/h4-10,16-17,21-22,28H,3,11-15H2,1-2H3,(H2,26,29)(H,27,30)/t17-,21+,22?/m1/s1. The van der Waals surface area contributed by atoms with Crippen LogP contribution in [0.1, 0.15) is 73.0 Å². The van der Waals surface area contributed by atoms with Crippen LogP contribution in [0.5, 0.6) is 5.75 Å². The van der Waals surface area contributed by atoms with Gasteiger partial charge in [0.15, 0.2) is 0 Å². The number of nitrogens with one attached hydrogen (secondary N) is 2. The number of rotatable bonds is 10. The molecule has 0 bridgehead atoms. The lowest BCUT2D eigenvalue weighted by Gasteiger charge is -2.21. The van der Waals surface area contributed by atoms with Crippen LogP contribution in [-0.2, 0) is 4.79 Å². The van der Waals surface area contributed by atoms with Crippen molar-refractivity contribution in [2.75, 3.05) is 13.2 Å². The summed E-state index contributed by atoms with van der Waals surface area (Å²) in [6, 6.07) is 16.8. The molecule has 0 aromatic heterocycles. The molecule has 3 rings (SSSR count). The van der Waals surface area contributed by atoms with Crippen LogP contribution in [0, 0.1) is 0 Å². The van der Waals surface area contributed by atoms with Gasteiger partial charge in [-0.3, -0.25) is 9.59 Å². The summed E-state index contributed by atoms with van der Waals surface area (Å²) < 4.78 is 5.62. The van der Waals surface area contributed by atoms with E-state index in [9.17, 15) is 9.59 Å². The second-order valence-corrected chi connectivity index (χ2v) is 8.19. The first kappa shape index (κ1) is 22.8. The molecule has 2 aromatic rings. The number of carbonyl (C=O) groups is 2. The van der Waals surface area contributed by atoms with Gasteiger partial charge in [0.1, 0.15) is 5.75 Å². The highest BCUT2D eigenvalue weighted by Crippen LogP contribution is 2.35. The van der Waals surface area contributed by atoms with Crippen LogP contribution < -0.4 is 21.1 Å². The lowest BCUT2D eigenvalue weighted by atomic mass is 9.96. The maximum Gasteiger partial charge on any atom is 0.251 e.